The van der Waals surface area contributed by atoms with Gasteiger partial charge in [-0.3, -0.25) is 4.68 Å². The summed E-state index contributed by atoms with van der Waals surface area (Å²) in [5.74, 6) is 0.701. The maximum absolute atomic E-state index is 12.8. The molecule has 0 radical (unpaired) electrons. The Labute approximate surface area is 186 Å². The first kappa shape index (κ1) is 20.5. The summed E-state index contributed by atoms with van der Waals surface area (Å²) >= 11 is 0. The molecule has 0 saturated heterocycles. The maximum Gasteiger partial charge on any atom is 0.333 e. The van der Waals surface area contributed by atoms with Crippen LogP contribution < -0.4 is 15.4 Å². The maximum atomic E-state index is 12.8. The molecule has 0 aliphatic heterocycles. The molecule has 1 fully saturated rings. The number of hydrogen-bond acceptors (Lipinski definition) is 6. The topological polar surface area (TPSA) is 118 Å². The van der Waals surface area contributed by atoms with Crippen molar-refractivity contribution in [1.29, 1.82) is 0 Å². The number of carbonyl (C=O) groups is 1. The average molecular weight is 453 g/mol. The van der Waals surface area contributed by atoms with E-state index < -0.39 is 16.1 Å². The minimum atomic E-state index is -4.08. The van der Waals surface area contributed by atoms with Crippen molar-refractivity contribution >= 4 is 27.6 Å². The molecular weight excluding hydrogens is 428 g/mol. The lowest BCUT2D eigenvalue weighted by Gasteiger charge is -2.17. The second-order valence-corrected chi connectivity index (χ2v) is 9.71. The van der Waals surface area contributed by atoms with Crippen LogP contribution in [0.15, 0.2) is 47.8 Å². The van der Waals surface area contributed by atoms with Gasteiger partial charge in [0.1, 0.15) is 5.82 Å². The van der Waals surface area contributed by atoms with Crippen molar-refractivity contribution in [2.24, 2.45) is 0 Å². The van der Waals surface area contributed by atoms with E-state index in [0.717, 1.165) is 54.4 Å². The van der Waals surface area contributed by atoms with Crippen molar-refractivity contribution in [3.8, 4) is 11.1 Å². The zero-order valence-electron chi connectivity index (χ0n) is 17.6. The molecule has 1 aromatic carbocycles. The number of pyridine rings is 1. The summed E-state index contributed by atoms with van der Waals surface area (Å²) < 4.78 is 29.1. The van der Waals surface area contributed by atoms with Crippen LogP contribution >= 0.6 is 0 Å². The smallest absolute Gasteiger partial charge is 0.333 e. The van der Waals surface area contributed by atoms with Gasteiger partial charge in [-0.05, 0) is 67.0 Å². The van der Waals surface area contributed by atoms with Gasteiger partial charge in [0.15, 0.2) is 5.03 Å². The van der Waals surface area contributed by atoms with E-state index in [-0.39, 0.29) is 11.1 Å². The Balaban J connectivity index is 1.43. The molecule has 9 nitrogen and oxygen atoms in total. The first-order valence-electron chi connectivity index (χ1n) is 10.6. The number of sulfonamides is 1. The lowest BCUT2D eigenvalue weighted by molar-refractivity contribution is 0.256. The summed E-state index contributed by atoms with van der Waals surface area (Å²) in [6, 6.07) is 8.64. The van der Waals surface area contributed by atoms with Crippen molar-refractivity contribution in [3.63, 3.8) is 0 Å². The molecule has 2 aliphatic carbocycles. The summed E-state index contributed by atoms with van der Waals surface area (Å²) in [6.45, 7) is 0. The number of aromatic nitrogens is 3. The summed E-state index contributed by atoms with van der Waals surface area (Å²) in [5, 5.41) is 9.78. The van der Waals surface area contributed by atoms with Crippen LogP contribution in [0.4, 0.5) is 16.3 Å². The molecule has 0 spiro atoms. The van der Waals surface area contributed by atoms with E-state index in [1.54, 1.807) is 24.1 Å². The van der Waals surface area contributed by atoms with Crippen LogP contribution in [0.5, 0.6) is 0 Å². The molecule has 0 atom stereocenters. The number of nitrogens with zero attached hydrogens (tertiary/aromatic N) is 3. The number of aryl methyl sites for hydroxylation is 1. The molecule has 2 aromatic heterocycles. The monoisotopic (exact) mass is 452 g/mol. The fraction of sp³-hybridized carbons (Fsp3) is 0.318. The highest BCUT2D eigenvalue weighted by Gasteiger charge is 2.28. The Morgan fingerprint density at radius 3 is 2.78 bits per heavy atom. The Morgan fingerprint density at radius 1 is 1.16 bits per heavy atom. The number of anilines is 2. The van der Waals surface area contributed by atoms with Gasteiger partial charge in [0.2, 0.25) is 0 Å². The number of hydrogen-bond donors (Lipinski definition) is 3. The molecule has 10 heteroatoms. The zero-order chi connectivity index (χ0) is 22.3. The van der Waals surface area contributed by atoms with Gasteiger partial charge in [-0.15, -0.1) is 0 Å². The second kappa shape index (κ2) is 7.94. The fourth-order valence-corrected chi connectivity index (χ4v) is 4.95. The first-order chi connectivity index (χ1) is 15.4. The standard InChI is InChI=1S/C22H24N6O3S/c1-23-19-13-15(9-11-24-19)18-8-5-14-3-2-4-17(14)21(18)25-22(29)27-32(30,31)20-10-12-28(26-20)16-6-7-16/h5,8-13,16H,2-4,6-7H2,1H3,(H,23,24)(H2,25,27,29). The number of benzene rings is 1. The van der Waals surface area contributed by atoms with Crippen molar-refractivity contribution in [3.05, 3.63) is 53.9 Å². The number of rotatable bonds is 6. The van der Waals surface area contributed by atoms with Gasteiger partial charge < -0.3 is 10.6 Å². The van der Waals surface area contributed by atoms with E-state index in [0.29, 0.717) is 11.5 Å². The molecule has 166 valence electrons. The van der Waals surface area contributed by atoms with Crippen LogP contribution in [0.1, 0.15) is 36.4 Å². The summed E-state index contributed by atoms with van der Waals surface area (Å²) in [7, 11) is -2.29. The SMILES string of the molecule is CNc1cc(-c2ccc3c(c2NC(=O)NS(=O)(=O)c2ccn(C4CC4)n2)CCC3)ccn1. The Hall–Kier alpha value is -3.40. The average Bonchev–Trinajstić information content (AvgIpc) is 3.29. The van der Waals surface area contributed by atoms with Gasteiger partial charge in [0.05, 0.1) is 11.7 Å². The van der Waals surface area contributed by atoms with Crippen LogP contribution in [0.2, 0.25) is 0 Å². The molecule has 0 bridgehead atoms. The van der Waals surface area contributed by atoms with E-state index in [1.165, 1.54) is 6.07 Å². The Bertz CT molecular complexity index is 1300. The van der Waals surface area contributed by atoms with E-state index in [2.05, 4.69) is 31.5 Å². The quantitative estimate of drug-likeness (QED) is 0.528. The molecule has 0 unspecified atom stereocenters. The summed E-state index contributed by atoms with van der Waals surface area (Å²) in [6.07, 6.45) is 8.04. The largest absolute Gasteiger partial charge is 0.373 e. The predicted molar refractivity (Wildman–Crippen MR) is 121 cm³/mol. The van der Waals surface area contributed by atoms with Gasteiger partial charge in [0, 0.05) is 25.0 Å². The highest BCUT2D eigenvalue weighted by Crippen LogP contribution is 2.38. The molecule has 1 saturated carbocycles. The van der Waals surface area contributed by atoms with Crippen molar-refractivity contribution in [2.75, 3.05) is 17.7 Å². The molecule has 5 rings (SSSR count). The van der Waals surface area contributed by atoms with Gasteiger partial charge in [-0.25, -0.2) is 14.5 Å². The van der Waals surface area contributed by atoms with Crippen molar-refractivity contribution < 1.29 is 13.2 Å². The third kappa shape index (κ3) is 3.93. The third-order valence-electron chi connectivity index (χ3n) is 5.86. The van der Waals surface area contributed by atoms with Crippen LogP contribution in [0.3, 0.4) is 0 Å². The van der Waals surface area contributed by atoms with Crippen molar-refractivity contribution in [1.82, 2.24) is 19.5 Å². The molecule has 2 aliphatic rings. The van der Waals surface area contributed by atoms with Crippen LogP contribution in [0, 0.1) is 0 Å². The van der Waals surface area contributed by atoms with Gasteiger partial charge >= 0.3 is 6.03 Å². The van der Waals surface area contributed by atoms with Crippen molar-refractivity contribution in [2.45, 2.75) is 43.2 Å². The summed E-state index contributed by atoms with van der Waals surface area (Å²) in [4.78, 5) is 17.0. The molecule has 2 heterocycles. The van der Waals surface area contributed by atoms with E-state index >= 15 is 0 Å². The highest BCUT2D eigenvalue weighted by molar-refractivity contribution is 7.90. The highest BCUT2D eigenvalue weighted by atomic mass is 32.2. The lowest BCUT2D eigenvalue weighted by Crippen LogP contribution is -2.35. The predicted octanol–water partition coefficient (Wildman–Crippen LogP) is 3.32. The Morgan fingerprint density at radius 2 is 2.00 bits per heavy atom. The second-order valence-electron chi connectivity index (χ2n) is 8.08. The zero-order valence-corrected chi connectivity index (χ0v) is 18.4. The van der Waals surface area contributed by atoms with E-state index in [4.69, 9.17) is 0 Å². The number of carbonyl (C=O) groups excluding carboxylic acids is 1. The normalized spacial score (nSPS) is 15.3. The van der Waals surface area contributed by atoms with E-state index in [1.807, 2.05) is 18.2 Å². The molecular formula is C22H24N6O3S. The van der Waals surface area contributed by atoms with Gasteiger partial charge in [0.25, 0.3) is 10.0 Å². The molecule has 3 aromatic rings. The first-order valence-corrected chi connectivity index (χ1v) is 12.1. The van der Waals surface area contributed by atoms with Crippen LogP contribution in [-0.2, 0) is 22.9 Å². The Kier molecular flexibility index (Phi) is 5.09. The van der Waals surface area contributed by atoms with Gasteiger partial charge in [-0.2, -0.15) is 13.5 Å². The fourth-order valence-electron chi connectivity index (χ4n) is 4.10. The number of fused-ring (bicyclic) bond motifs is 1. The van der Waals surface area contributed by atoms with Crippen LogP contribution in [0.25, 0.3) is 11.1 Å². The molecule has 2 amide bonds. The van der Waals surface area contributed by atoms with Gasteiger partial charge in [-0.1, -0.05) is 12.1 Å². The van der Waals surface area contributed by atoms with E-state index in [9.17, 15) is 13.2 Å². The molecule has 32 heavy (non-hydrogen) atoms. The minimum Gasteiger partial charge on any atom is -0.373 e. The number of urea groups is 1. The lowest BCUT2D eigenvalue weighted by atomic mass is 9.98. The third-order valence-corrected chi connectivity index (χ3v) is 7.08. The number of nitrogens with one attached hydrogen (secondary N) is 3. The van der Waals surface area contributed by atoms with Crippen LogP contribution in [-0.4, -0.2) is 36.3 Å². The number of amides is 2. The minimum absolute atomic E-state index is 0.161. The molecule has 3 N–H and O–H groups in total. The summed E-state index contributed by atoms with van der Waals surface area (Å²) in [5.41, 5.74) is 4.52.